The number of carbonyl (C=O) groups excluding carboxylic acids is 2. The minimum absolute atomic E-state index is 0.0495. The first-order chi connectivity index (χ1) is 16.1. The lowest BCUT2D eigenvalue weighted by molar-refractivity contribution is -0.130. The van der Waals surface area contributed by atoms with E-state index in [2.05, 4.69) is 34.5 Å². The zero-order chi connectivity index (χ0) is 23.2. The largest absolute Gasteiger partial charge is 0.495 e. The van der Waals surface area contributed by atoms with Crippen molar-refractivity contribution < 1.29 is 14.3 Å². The van der Waals surface area contributed by atoms with E-state index >= 15 is 0 Å². The zero-order valence-electron chi connectivity index (χ0n) is 18.7. The van der Waals surface area contributed by atoms with Gasteiger partial charge in [-0.15, -0.1) is 0 Å². The highest BCUT2D eigenvalue weighted by Gasteiger charge is 2.23. The molecule has 0 atom stereocenters. The van der Waals surface area contributed by atoms with Gasteiger partial charge in [0, 0.05) is 43.0 Å². The summed E-state index contributed by atoms with van der Waals surface area (Å²) in [4.78, 5) is 29.2. The highest BCUT2D eigenvalue weighted by Crippen LogP contribution is 2.31. The van der Waals surface area contributed by atoms with Crippen molar-refractivity contribution in [2.24, 2.45) is 0 Å². The molecule has 7 heteroatoms. The molecule has 3 N–H and O–H groups in total. The van der Waals surface area contributed by atoms with Gasteiger partial charge in [-0.1, -0.05) is 48.5 Å². The van der Waals surface area contributed by atoms with Crippen molar-refractivity contribution in [3.8, 4) is 16.9 Å². The Morgan fingerprint density at radius 2 is 1.64 bits per heavy atom. The van der Waals surface area contributed by atoms with Crippen LogP contribution in [0.2, 0.25) is 0 Å². The highest BCUT2D eigenvalue weighted by molar-refractivity contribution is 5.97. The van der Waals surface area contributed by atoms with Gasteiger partial charge < -0.3 is 25.6 Å². The number of ether oxygens (including phenoxy) is 1. The number of nitrogens with two attached hydrogens (primary N) is 1. The topological polar surface area (TPSA) is 87.9 Å². The van der Waals surface area contributed by atoms with Gasteiger partial charge >= 0.3 is 0 Å². The normalized spacial score (nSPS) is 13.5. The van der Waals surface area contributed by atoms with Crippen molar-refractivity contribution >= 4 is 23.2 Å². The predicted molar refractivity (Wildman–Crippen MR) is 130 cm³/mol. The van der Waals surface area contributed by atoms with Crippen LogP contribution in [0.3, 0.4) is 0 Å². The van der Waals surface area contributed by atoms with Gasteiger partial charge in [0.1, 0.15) is 5.75 Å². The number of rotatable bonds is 6. The number of methoxy groups -OCH3 is 1. The molecule has 3 aromatic carbocycles. The number of nitrogen functional groups attached to an aromatic ring is 1. The van der Waals surface area contributed by atoms with Crippen LogP contribution in [0.25, 0.3) is 11.1 Å². The van der Waals surface area contributed by atoms with Crippen LogP contribution in [0.4, 0.5) is 11.4 Å². The van der Waals surface area contributed by atoms with E-state index < -0.39 is 0 Å². The smallest absolute Gasteiger partial charge is 0.251 e. The summed E-state index contributed by atoms with van der Waals surface area (Å²) in [6, 6.07) is 23.4. The quantitative estimate of drug-likeness (QED) is 0.571. The number of anilines is 2. The highest BCUT2D eigenvalue weighted by atomic mass is 16.5. The number of para-hydroxylation sites is 1. The second-order valence-electron chi connectivity index (χ2n) is 7.89. The summed E-state index contributed by atoms with van der Waals surface area (Å²) >= 11 is 0. The maximum Gasteiger partial charge on any atom is 0.251 e. The molecular weight excluding hydrogens is 416 g/mol. The van der Waals surface area contributed by atoms with Crippen LogP contribution in [0.15, 0.2) is 72.8 Å². The summed E-state index contributed by atoms with van der Waals surface area (Å²) in [6.07, 6.45) is 0. The van der Waals surface area contributed by atoms with E-state index in [0.29, 0.717) is 30.1 Å². The SMILES string of the molecule is COc1cc(C(=O)NCC(=O)N2CCN(c3ccccc3-c3ccccc3)CC2)ccc1N. The molecule has 7 nitrogen and oxygen atoms in total. The van der Waals surface area contributed by atoms with E-state index in [1.807, 2.05) is 30.3 Å². The van der Waals surface area contributed by atoms with Gasteiger partial charge in [-0.05, 0) is 29.8 Å². The van der Waals surface area contributed by atoms with E-state index in [9.17, 15) is 9.59 Å². The molecule has 1 heterocycles. The molecule has 0 spiro atoms. The first kappa shape index (κ1) is 22.2. The molecule has 0 aliphatic carbocycles. The standard InChI is InChI=1S/C26H28N4O3/c1-33-24-17-20(11-12-22(24)27)26(32)28-18-25(31)30-15-13-29(14-16-30)23-10-6-5-9-21(23)19-7-3-2-4-8-19/h2-12,17H,13-16,18,27H2,1H3,(H,28,32). The molecule has 4 rings (SSSR count). The number of amides is 2. The molecule has 1 aliphatic rings. The Labute approximate surface area is 193 Å². The van der Waals surface area contributed by atoms with Crippen LogP contribution in [0.1, 0.15) is 10.4 Å². The van der Waals surface area contributed by atoms with E-state index in [1.165, 1.54) is 23.9 Å². The van der Waals surface area contributed by atoms with Gasteiger partial charge in [0.15, 0.2) is 0 Å². The van der Waals surface area contributed by atoms with Gasteiger partial charge in [0.2, 0.25) is 5.91 Å². The van der Waals surface area contributed by atoms with Gasteiger partial charge in [0.05, 0.1) is 19.3 Å². The first-order valence-electron chi connectivity index (χ1n) is 11.0. The summed E-state index contributed by atoms with van der Waals surface area (Å²) in [5, 5.41) is 2.70. The van der Waals surface area contributed by atoms with Crippen LogP contribution in [0, 0.1) is 0 Å². The van der Waals surface area contributed by atoms with Crippen molar-refractivity contribution in [1.29, 1.82) is 0 Å². The van der Waals surface area contributed by atoms with Crippen LogP contribution in [-0.2, 0) is 4.79 Å². The van der Waals surface area contributed by atoms with Crippen LogP contribution in [0.5, 0.6) is 5.75 Å². The Hall–Kier alpha value is -4.00. The average Bonchev–Trinajstić information content (AvgIpc) is 2.88. The van der Waals surface area contributed by atoms with E-state index in [-0.39, 0.29) is 18.4 Å². The molecule has 0 aromatic heterocycles. The van der Waals surface area contributed by atoms with Crippen molar-refractivity contribution in [2.45, 2.75) is 0 Å². The van der Waals surface area contributed by atoms with E-state index in [1.54, 1.807) is 23.1 Å². The second kappa shape index (κ2) is 10.1. The number of nitrogens with zero attached hydrogens (tertiary/aromatic N) is 2. The number of piperazine rings is 1. The lowest BCUT2D eigenvalue weighted by atomic mass is 10.0. The summed E-state index contributed by atoms with van der Waals surface area (Å²) < 4.78 is 5.15. The number of hydrogen-bond donors (Lipinski definition) is 2. The fraction of sp³-hybridized carbons (Fsp3) is 0.231. The van der Waals surface area contributed by atoms with Gasteiger partial charge in [-0.2, -0.15) is 0 Å². The molecule has 3 aromatic rings. The molecule has 1 saturated heterocycles. The Balaban J connectivity index is 1.33. The Morgan fingerprint density at radius 1 is 0.939 bits per heavy atom. The Bertz CT molecular complexity index is 1130. The summed E-state index contributed by atoms with van der Waals surface area (Å²) in [7, 11) is 1.49. The second-order valence-corrected chi connectivity index (χ2v) is 7.89. The molecule has 0 unspecified atom stereocenters. The Kier molecular flexibility index (Phi) is 6.78. The number of nitrogens with one attached hydrogen (secondary N) is 1. The third-order valence-corrected chi connectivity index (χ3v) is 5.86. The number of benzene rings is 3. The van der Waals surface area contributed by atoms with Crippen molar-refractivity contribution in [1.82, 2.24) is 10.2 Å². The summed E-state index contributed by atoms with van der Waals surface area (Å²) in [5.74, 6) is -0.000267. The molecule has 33 heavy (non-hydrogen) atoms. The number of hydrogen-bond acceptors (Lipinski definition) is 5. The van der Waals surface area contributed by atoms with E-state index in [4.69, 9.17) is 10.5 Å². The van der Waals surface area contributed by atoms with Crippen LogP contribution >= 0.6 is 0 Å². The van der Waals surface area contributed by atoms with Gasteiger partial charge in [-0.25, -0.2) is 0 Å². The van der Waals surface area contributed by atoms with E-state index in [0.717, 1.165) is 13.1 Å². The maximum absolute atomic E-state index is 12.7. The minimum Gasteiger partial charge on any atom is -0.495 e. The molecule has 0 bridgehead atoms. The van der Waals surface area contributed by atoms with Crippen LogP contribution < -0.4 is 20.7 Å². The van der Waals surface area contributed by atoms with Crippen molar-refractivity contribution in [3.63, 3.8) is 0 Å². The molecule has 1 fully saturated rings. The monoisotopic (exact) mass is 444 g/mol. The Morgan fingerprint density at radius 3 is 2.36 bits per heavy atom. The lowest BCUT2D eigenvalue weighted by Crippen LogP contribution is -2.51. The molecular formula is C26H28N4O3. The zero-order valence-corrected chi connectivity index (χ0v) is 18.7. The predicted octanol–water partition coefficient (Wildman–Crippen LogP) is 3.02. The fourth-order valence-electron chi connectivity index (χ4n) is 4.03. The third kappa shape index (κ3) is 5.09. The molecule has 0 saturated carbocycles. The lowest BCUT2D eigenvalue weighted by Gasteiger charge is -2.37. The van der Waals surface area contributed by atoms with Crippen molar-refractivity contribution in [2.75, 3.05) is 50.5 Å². The minimum atomic E-state index is -0.336. The molecule has 1 aliphatic heterocycles. The number of carbonyl (C=O) groups is 2. The molecule has 170 valence electrons. The van der Waals surface area contributed by atoms with Gasteiger partial charge in [-0.3, -0.25) is 9.59 Å². The third-order valence-electron chi connectivity index (χ3n) is 5.86. The first-order valence-corrected chi connectivity index (χ1v) is 11.0. The van der Waals surface area contributed by atoms with Gasteiger partial charge in [0.25, 0.3) is 5.91 Å². The molecule has 2 amide bonds. The van der Waals surface area contributed by atoms with Crippen LogP contribution in [-0.4, -0.2) is 56.5 Å². The molecule has 0 radical (unpaired) electrons. The fourth-order valence-corrected chi connectivity index (χ4v) is 4.03. The average molecular weight is 445 g/mol. The van der Waals surface area contributed by atoms with Crippen molar-refractivity contribution in [3.05, 3.63) is 78.4 Å². The summed E-state index contributed by atoms with van der Waals surface area (Å²) in [6.45, 7) is 2.63. The maximum atomic E-state index is 12.7. The summed E-state index contributed by atoms with van der Waals surface area (Å²) in [5.41, 5.74) is 10.2.